The van der Waals surface area contributed by atoms with Crippen LogP contribution in [-0.2, 0) is 9.53 Å². The Morgan fingerprint density at radius 2 is 2.46 bits per heavy atom. The Bertz CT molecular complexity index is 307. The third-order valence-corrected chi connectivity index (χ3v) is 2.20. The van der Waals surface area contributed by atoms with Gasteiger partial charge in [0.15, 0.2) is 0 Å². The Kier molecular flexibility index (Phi) is 1.83. The number of carbonyl (C=O) groups is 1. The maximum atomic E-state index is 11.4. The second-order valence-corrected chi connectivity index (χ2v) is 3.22. The van der Waals surface area contributed by atoms with Crippen LogP contribution < -0.4 is 5.32 Å². The van der Waals surface area contributed by atoms with Crippen LogP contribution in [0, 0.1) is 0 Å². The maximum Gasteiger partial charge on any atom is 0.268 e. The third kappa shape index (κ3) is 1.32. The van der Waals surface area contributed by atoms with Crippen molar-refractivity contribution >= 4 is 11.7 Å². The summed E-state index contributed by atoms with van der Waals surface area (Å²) in [6, 6.07) is -0.108. The highest BCUT2D eigenvalue weighted by molar-refractivity contribution is 6.01. The molecular formula is C9H12N2O2. The summed E-state index contributed by atoms with van der Waals surface area (Å²) in [5.74, 6) is 1.45. The Morgan fingerprint density at radius 3 is 3.15 bits per heavy atom. The highest BCUT2D eigenvalue weighted by atomic mass is 16.5. The molecule has 0 aromatic rings. The number of amides is 1. The average Bonchev–Trinajstić information content (AvgIpc) is 2.47. The van der Waals surface area contributed by atoms with E-state index in [1.54, 1.807) is 6.92 Å². The summed E-state index contributed by atoms with van der Waals surface area (Å²) >= 11 is 0. The minimum atomic E-state index is -0.432. The summed E-state index contributed by atoms with van der Waals surface area (Å²) in [5.41, 5.74) is 0. The zero-order valence-electron chi connectivity index (χ0n) is 7.70. The van der Waals surface area contributed by atoms with Crippen molar-refractivity contribution in [2.75, 3.05) is 0 Å². The van der Waals surface area contributed by atoms with E-state index in [0.29, 0.717) is 5.84 Å². The summed E-state index contributed by atoms with van der Waals surface area (Å²) in [6.07, 6.45) is 2.31. The van der Waals surface area contributed by atoms with Crippen LogP contribution in [0.15, 0.2) is 16.8 Å². The SMILES string of the molecule is CCC1=CC2N=C(C)NC(=O)C2O1. The van der Waals surface area contributed by atoms with Gasteiger partial charge in [0.2, 0.25) is 6.10 Å². The minimum absolute atomic E-state index is 0.0859. The van der Waals surface area contributed by atoms with E-state index in [9.17, 15) is 4.79 Å². The van der Waals surface area contributed by atoms with Gasteiger partial charge in [0, 0.05) is 6.42 Å². The van der Waals surface area contributed by atoms with Crippen LogP contribution >= 0.6 is 0 Å². The molecule has 2 aliphatic rings. The first-order valence-corrected chi connectivity index (χ1v) is 4.43. The molecule has 2 heterocycles. The zero-order valence-corrected chi connectivity index (χ0v) is 7.70. The Morgan fingerprint density at radius 1 is 1.69 bits per heavy atom. The first-order valence-electron chi connectivity index (χ1n) is 4.43. The molecule has 0 aliphatic carbocycles. The first-order chi connectivity index (χ1) is 6.20. The van der Waals surface area contributed by atoms with Crippen LogP contribution in [0.4, 0.5) is 0 Å². The molecule has 13 heavy (non-hydrogen) atoms. The van der Waals surface area contributed by atoms with Crippen molar-refractivity contribution in [1.82, 2.24) is 5.32 Å². The molecule has 0 spiro atoms. The van der Waals surface area contributed by atoms with Crippen LogP contribution in [-0.4, -0.2) is 23.9 Å². The lowest BCUT2D eigenvalue weighted by atomic mass is 10.1. The largest absolute Gasteiger partial charge is 0.483 e. The summed E-state index contributed by atoms with van der Waals surface area (Å²) in [4.78, 5) is 15.7. The van der Waals surface area contributed by atoms with Crippen molar-refractivity contribution < 1.29 is 9.53 Å². The van der Waals surface area contributed by atoms with Gasteiger partial charge in [-0.1, -0.05) is 6.92 Å². The van der Waals surface area contributed by atoms with Crippen molar-refractivity contribution in [3.63, 3.8) is 0 Å². The van der Waals surface area contributed by atoms with Crippen molar-refractivity contribution in [1.29, 1.82) is 0 Å². The van der Waals surface area contributed by atoms with E-state index in [1.807, 2.05) is 13.0 Å². The summed E-state index contributed by atoms with van der Waals surface area (Å²) < 4.78 is 5.42. The first kappa shape index (κ1) is 8.29. The monoisotopic (exact) mass is 180 g/mol. The molecule has 4 nitrogen and oxygen atoms in total. The number of fused-ring (bicyclic) bond motifs is 1. The predicted molar refractivity (Wildman–Crippen MR) is 48.3 cm³/mol. The predicted octanol–water partition coefficient (Wildman–Crippen LogP) is 0.596. The molecule has 2 atom stereocenters. The van der Waals surface area contributed by atoms with Gasteiger partial charge in [-0.05, 0) is 13.0 Å². The van der Waals surface area contributed by atoms with Gasteiger partial charge in [-0.2, -0.15) is 0 Å². The number of carbonyl (C=O) groups excluding carboxylic acids is 1. The molecule has 0 radical (unpaired) electrons. The smallest absolute Gasteiger partial charge is 0.268 e. The van der Waals surface area contributed by atoms with E-state index in [0.717, 1.165) is 12.2 Å². The van der Waals surface area contributed by atoms with Crippen LogP contribution in [0.1, 0.15) is 20.3 Å². The lowest BCUT2D eigenvalue weighted by Crippen LogP contribution is -2.47. The normalized spacial score (nSPS) is 31.4. The van der Waals surface area contributed by atoms with E-state index < -0.39 is 6.10 Å². The Balaban J connectivity index is 2.24. The molecule has 2 aliphatic heterocycles. The topological polar surface area (TPSA) is 50.7 Å². The second-order valence-electron chi connectivity index (χ2n) is 3.22. The number of hydrogen-bond donors (Lipinski definition) is 1. The number of nitrogens with zero attached hydrogens (tertiary/aromatic N) is 1. The number of rotatable bonds is 1. The molecule has 0 fully saturated rings. The van der Waals surface area contributed by atoms with Crippen molar-refractivity contribution in [3.05, 3.63) is 11.8 Å². The molecule has 0 saturated carbocycles. The zero-order chi connectivity index (χ0) is 9.42. The van der Waals surface area contributed by atoms with Crippen LogP contribution in [0.25, 0.3) is 0 Å². The van der Waals surface area contributed by atoms with Crippen molar-refractivity contribution in [2.24, 2.45) is 4.99 Å². The average molecular weight is 180 g/mol. The lowest BCUT2D eigenvalue weighted by molar-refractivity contribution is -0.128. The van der Waals surface area contributed by atoms with Crippen LogP contribution in [0.3, 0.4) is 0 Å². The molecule has 2 unspecified atom stereocenters. The molecule has 0 aromatic carbocycles. The molecule has 1 amide bonds. The number of ether oxygens (including phenoxy) is 1. The molecule has 0 saturated heterocycles. The molecule has 1 N–H and O–H groups in total. The van der Waals surface area contributed by atoms with Gasteiger partial charge in [-0.15, -0.1) is 0 Å². The number of aliphatic imine (C=N–C) groups is 1. The lowest BCUT2D eigenvalue weighted by Gasteiger charge is -2.21. The Hall–Kier alpha value is -1.32. The molecule has 0 bridgehead atoms. The fourth-order valence-electron chi connectivity index (χ4n) is 1.57. The van der Waals surface area contributed by atoms with Crippen molar-refractivity contribution in [2.45, 2.75) is 32.4 Å². The second kappa shape index (κ2) is 2.87. The fourth-order valence-corrected chi connectivity index (χ4v) is 1.57. The van der Waals surface area contributed by atoms with E-state index in [4.69, 9.17) is 4.74 Å². The van der Waals surface area contributed by atoms with Crippen molar-refractivity contribution in [3.8, 4) is 0 Å². The van der Waals surface area contributed by atoms with Gasteiger partial charge in [-0.3, -0.25) is 9.79 Å². The van der Waals surface area contributed by atoms with Gasteiger partial charge in [0.1, 0.15) is 11.9 Å². The van der Waals surface area contributed by atoms with Gasteiger partial charge in [0.25, 0.3) is 5.91 Å². The standard InChI is InChI=1S/C9H12N2O2/c1-3-6-4-7-8(13-6)9(12)11-5(2)10-7/h4,7-8H,3H2,1-2H3,(H,10,11,12). The van der Waals surface area contributed by atoms with E-state index in [1.165, 1.54) is 0 Å². The number of amidine groups is 1. The third-order valence-electron chi connectivity index (χ3n) is 2.20. The van der Waals surface area contributed by atoms with Gasteiger partial charge < -0.3 is 10.1 Å². The molecule has 4 heteroatoms. The van der Waals surface area contributed by atoms with Gasteiger partial charge >= 0.3 is 0 Å². The van der Waals surface area contributed by atoms with E-state index in [2.05, 4.69) is 10.3 Å². The summed E-state index contributed by atoms with van der Waals surface area (Å²) in [7, 11) is 0. The van der Waals surface area contributed by atoms with Crippen LogP contribution in [0.5, 0.6) is 0 Å². The Labute approximate surface area is 76.7 Å². The summed E-state index contributed by atoms with van der Waals surface area (Å²) in [6.45, 7) is 3.78. The van der Waals surface area contributed by atoms with Crippen LogP contribution in [0.2, 0.25) is 0 Å². The van der Waals surface area contributed by atoms with E-state index in [-0.39, 0.29) is 11.9 Å². The molecule has 70 valence electrons. The number of nitrogens with one attached hydrogen (secondary N) is 1. The van der Waals surface area contributed by atoms with Gasteiger partial charge in [0.05, 0.1) is 5.76 Å². The molecular weight excluding hydrogens is 168 g/mol. The van der Waals surface area contributed by atoms with Gasteiger partial charge in [-0.25, -0.2) is 0 Å². The highest BCUT2D eigenvalue weighted by Crippen LogP contribution is 2.24. The maximum absolute atomic E-state index is 11.4. The highest BCUT2D eigenvalue weighted by Gasteiger charge is 2.37. The molecule has 0 aromatic heterocycles. The quantitative estimate of drug-likeness (QED) is 0.642. The van der Waals surface area contributed by atoms with E-state index >= 15 is 0 Å². The number of hydrogen-bond acceptors (Lipinski definition) is 3. The fraction of sp³-hybridized carbons (Fsp3) is 0.556. The number of allylic oxidation sites excluding steroid dienone is 1. The summed E-state index contributed by atoms with van der Waals surface area (Å²) in [5, 5.41) is 2.65. The molecule has 2 rings (SSSR count). The minimum Gasteiger partial charge on any atom is -0.483 e.